The van der Waals surface area contributed by atoms with Gasteiger partial charge in [-0.25, -0.2) is 9.97 Å². The van der Waals surface area contributed by atoms with Crippen molar-refractivity contribution in [3.63, 3.8) is 0 Å². The fourth-order valence-electron chi connectivity index (χ4n) is 2.99. The molecule has 1 fully saturated rings. The molecule has 0 bridgehead atoms. The van der Waals surface area contributed by atoms with E-state index in [1.165, 1.54) is 23.5 Å². The maximum atomic E-state index is 12.7. The monoisotopic (exact) mass is 368 g/mol. The average molecular weight is 368 g/mol. The molecule has 0 spiro atoms. The number of rotatable bonds is 4. The highest BCUT2D eigenvalue weighted by Gasteiger charge is 2.28. The molecule has 0 saturated heterocycles. The summed E-state index contributed by atoms with van der Waals surface area (Å²) >= 11 is 1.34. The van der Waals surface area contributed by atoms with Crippen LogP contribution in [0.3, 0.4) is 0 Å². The van der Waals surface area contributed by atoms with Crippen LogP contribution in [0.25, 0.3) is 10.2 Å². The van der Waals surface area contributed by atoms with E-state index in [2.05, 4.69) is 15.3 Å². The number of fused-ring (bicyclic) bond motifs is 1. The third kappa shape index (κ3) is 2.92. The van der Waals surface area contributed by atoms with E-state index in [0.717, 1.165) is 40.1 Å². The summed E-state index contributed by atoms with van der Waals surface area (Å²) in [6.45, 7) is 3.83. The van der Waals surface area contributed by atoms with E-state index >= 15 is 0 Å². The summed E-state index contributed by atoms with van der Waals surface area (Å²) in [7, 11) is 0. The van der Waals surface area contributed by atoms with Gasteiger partial charge < -0.3 is 5.32 Å². The Balaban J connectivity index is 1.68. The van der Waals surface area contributed by atoms with E-state index in [1.54, 1.807) is 12.1 Å². The number of aromatic nitrogens is 2. The fourth-order valence-corrected chi connectivity index (χ4v) is 4.12. The van der Waals surface area contributed by atoms with Crippen LogP contribution in [0.2, 0.25) is 0 Å². The van der Waals surface area contributed by atoms with E-state index in [0.29, 0.717) is 16.5 Å². The first kappa shape index (κ1) is 16.6. The molecule has 26 heavy (non-hydrogen) atoms. The zero-order valence-electron chi connectivity index (χ0n) is 14.3. The lowest BCUT2D eigenvalue weighted by atomic mass is 10.1. The van der Waals surface area contributed by atoms with Crippen molar-refractivity contribution in [1.82, 2.24) is 9.97 Å². The molecule has 1 aliphatic rings. The number of non-ortho nitro benzene ring substituents is 1. The second kappa shape index (κ2) is 6.14. The standard InChI is InChI=1S/C18H16N4O3S/c1-9-14-10(2)19-16(11-6-7-11)21-18(14)26-15(9)17(23)20-12-4-3-5-13(8-12)22(24)25/h3-5,8,11H,6-7H2,1-2H3,(H,20,23). The summed E-state index contributed by atoms with van der Waals surface area (Å²) in [4.78, 5) is 33.7. The van der Waals surface area contributed by atoms with Gasteiger partial charge >= 0.3 is 0 Å². The Morgan fingerprint density at radius 3 is 2.77 bits per heavy atom. The third-order valence-corrected chi connectivity index (χ3v) is 5.64. The normalized spacial score (nSPS) is 13.8. The number of nitro benzene ring substituents is 1. The van der Waals surface area contributed by atoms with E-state index < -0.39 is 4.92 Å². The first-order valence-electron chi connectivity index (χ1n) is 8.27. The minimum absolute atomic E-state index is 0.0633. The highest BCUT2D eigenvalue weighted by atomic mass is 32.1. The van der Waals surface area contributed by atoms with Gasteiger partial charge in [0.1, 0.15) is 10.7 Å². The van der Waals surface area contributed by atoms with Crippen LogP contribution in [0.4, 0.5) is 11.4 Å². The van der Waals surface area contributed by atoms with Crippen LogP contribution in [0, 0.1) is 24.0 Å². The molecule has 7 nitrogen and oxygen atoms in total. The van der Waals surface area contributed by atoms with Gasteiger partial charge in [0.05, 0.1) is 15.5 Å². The molecule has 3 aromatic rings. The maximum absolute atomic E-state index is 12.7. The van der Waals surface area contributed by atoms with E-state index in [-0.39, 0.29) is 11.6 Å². The maximum Gasteiger partial charge on any atom is 0.271 e. The van der Waals surface area contributed by atoms with Gasteiger partial charge in [0.15, 0.2) is 0 Å². The number of nitrogens with zero attached hydrogens (tertiary/aromatic N) is 3. The number of benzene rings is 1. The molecule has 132 valence electrons. The minimum atomic E-state index is -0.487. The molecule has 1 aliphatic carbocycles. The number of anilines is 1. The lowest BCUT2D eigenvalue weighted by Crippen LogP contribution is -2.11. The summed E-state index contributed by atoms with van der Waals surface area (Å²) in [5.74, 6) is 1.02. The van der Waals surface area contributed by atoms with Crippen molar-refractivity contribution < 1.29 is 9.72 Å². The van der Waals surface area contributed by atoms with Crippen LogP contribution >= 0.6 is 11.3 Å². The summed E-state index contributed by atoms with van der Waals surface area (Å²) in [5, 5.41) is 14.6. The van der Waals surface area contributed by atoms with Crippen LogP contribution in [0.1, 0.15) is 45.5 Å². The highest BCUT2D eigenvalue weighted by Crippen LogP contribution is 2.40. The van der Waals surface area contributed by atoms with Crippen LogP contribution in [-0.2, 0) is 0 Å². The molecule has 0 atom stereocenters. The van der Waals surface area contributed by atoms with Crippen LogP contribution < -0.4 is 5.32 Å². The summed E-state index contributed by atoms with van der Waals surface area (Å²) in [6.07, 6.45) is 2.24. The number of thiophene rings is 1. The molecular formula is C18H16N4O3S. The minimum Gasteiger partial charge on any atom is -0.321 e. The van der Waals surface area contributed by atoms with E-state index in [1.807, 2.05) is 13.8 Å². The quantitative estimate of drug-likeness (QED) is 0.545. The molecule has 1 saturated carbocycles. The molecule has 0 unspecified atom stereocenters. The number of hydrogen-bond acceptors (Lipinski definition) is 6. The number of carbonyl (C=O) groups excluding carboxylic acids is 1. The molecule has 2 aromatic heterocycles. The Morgan fingerprint density at radius 1 is 1.31 bits per heavy atom. The first-order chi connectivity index (χ1) is 12.4. The van der Waals surface area contributed by atoms with Crippen molar-refractivity contribution >= 4 is 38.8 Å². The van der Waals surface area contributed by atoms with Crippen molar-refractivity contribution in [2.45, 2.75) is 32.6 Å². The third-order valence-electron chi connectivity index (χ3n) is 4.45. The molecule has 1 amide bonds. The Labute approximate surface area is 153 Å². The zero-order chi connectivity index (χ0) is 18.4. The van der Waals surface area contributed by atoms with Crippen molar-refractivity contribution in [2.24, 2.45) is 0 Å². The molecule has 1 aromatic carbocycles. The Morgan fingerprint density at radius 2 is 2.08 bits per heavy atom. The van der Waals surface area contributed by atoms with E-state index in [4.69, 9.17) is 0 Å². The molecule has 4 rings (SSSR count). The lowest BCUT2D eigenvalue weighted by molar-refractivity contribution is -0.384. The topological polar surface area (TPSA) is 98.0 Å². The summed E-state index contributed by atoms with van der Waals surface area (Å²) < 4.78 is 0. The van der Waals surface area contributed by atoms with Gasteiger partial charge in [0, 0.05) is 29.1 Å². The predicted octanol–water partition coefficient (Wildman–Crippen LogP) is 4.35. The second-order valence-corrected chi connectivity index (χ2v) is 7.44. The Hall–Kier alpha value is -2.87. The zero-order valence-corrected chi connectivity index (χ0v) is 15.1. The largest absolute Gasteiger partial charge is 0.321 e. The Bertz CT molecular complexity index is 1060. The molecule has 1 N–H and O–H groups in total. The van der Waals surface area contributed by atoms with Gasteiger partial charge in [-0.05, 0) is 38.3 Å². The van der Waals surface area contributed by atoms with Gasteiger partial charge in [-0.15, -0.1) is 11.3 Å². The van der Waals surface area contributed by atoms with Crippen molar-refractivity contribution in [1.29, 1.82) is 0 Å². The van der Waals surface area contributed by atoms with Gasteiger partial charge in [-0.3, -0.25) is 14.9 Å². The predicted molar refractivity (Wildman–Crippen MR) is 99.9 cm³/mol. The van der Waals surface area contributed by atoms with Crippen molar-refractivity contribution in [2.75, 3.05) is 5.32 Å². The second-order valence-electron chi connectivity index (χ2n) is 6.44. The number of nitrogens with one attached hydrogen (secondary N) is 1. The van der Waals surface area contributed by atoms with Crippen molar-refractivity contribution in [3.8, 4) is 0 Å². The van der Waals surface area contributed by atoms with Gasteiger partial charge in [-0.2, -0.15) is 0 Å². The molecular weight excluding hydrogens is 352 g/mol. The first-order valence-corrected chi connectivity index (χ1v) is 9.09. The smallest absolute Gasteiger partial charge is 0.271 e. The van der Waals surface area contributed by atoms with E-state index in [9.17, 15) is 14.9 Å². The van der Waals surface area contributed by atoms with Crippen LogP contribution in [0.5, 0.6) is 0 Å². The average Bonchev–Trinajstić information content (AvgIpc) is 3.39. The van der Waals surface area contributed by atoms with Crippen LogP contribution in [-0.4, -0.2) is 20.8 Å². The van der Waals surface area contributed by atoms with Crippen molar-refractivity contribution in [3.05, 3.63) is 56.3 Å². The van der Waals surface area contributed by atoms with Crippen LogP contribution in [0.15, 0.2) is 24.3 Å². The molecule has 8 heteroatoms. The molecule has 0 aliphatic heterocycles. The SMILES string of the molecule is Cc1nc(C2CC2)nc2sc(C(=O)Nc3cccc([N+](=O)[O-])c3)c(C)c12. The number of amides is 1. The number of nitro groups is 1. The highest BCUT2D eigenvalue weighted by molar-refractivity contribution is 7.20. The van der Waals surface area contributed by atoms with Gasteiger partial charge in [0.2, 0.25) is 0 Å². The summed E-state index contributed by atoms with van der Waals surface area (Å²) in [5.41, 5.74) is 2.06. The fraction of sp³-hybridized carbons (Fsp3) is 0.278. The van der Waals surface area contributed by atoms with Gasteiger partial charge in [0.25, 0.3) is 11.6 Å². The number of aryl methyl sites for hydroxylation is 2. The summed E-state index contributed by atoms with van der Waals surface area (Å²) in [6, 6.07) is 5.91. The number of hydrogen-bond donors (Lipinski definition) is 1. The van der Waals surface area contributed by atoms with Gasteiger partial charge in [-0.1, -0.05) is 6.07 Å². The number of carbonyl (C=O) groups is 1. The lowest BCUT2D eigenvalue weighted by Gasteiger charge is -2.04. The molecule has 2 heterocycles. The molecule has 0 radical (unpaired) electrons. The Kier molecular flexibility index (Phi) is 3.91.